The predicted octanol–water partition coefficient (Wildman–Crippen LogP) is 2.26. The summed E-state index contributed by atoms with van der Waals surface area (Å²) in [6.07, 6.45) is 0. The standard InChI is InChI=1S/C10H12ClNO4/c1-7(5-13)6-16-10-4-8(11)2-3-9(10)12(14)15/h2-4,7,13H,5-6H2,1H3. The topological polar surface area (TPSA) is 72.6 Å². The molecule has 0 fully saturated rings. The van der Waals surface area contributed by atoms with Crippen LogP contribution in [-0.4, -0.2) is 23.2 Å². The molecule has 0 saturated heterocycles. The van der Waals surface area contributed by atoms with Crippen LogP contribution >= 0.6 is 11.6 Å². The third-order valence-electron chi connectivity index (χ3n) is 1.95. The summed E-state index contributed by atoms with van der Waals surface area (Å²) in [5.74, 6) is 0.0383. The van der Waals surface area contributed by atoms with Gasteiger partial charge in [0, 0.05) is 29.7 Å². The second-order valence-corrected chi connectivity index (χ2v) is 3.90. The van der Waals surface area contributed by atoms with Crippen LogP contribution in [0.5, 0.6) is 5.75 Å². The Morgan fingerprint density at radius 2 is 2.31 bits per heavy atom. The van der Waals surface area contributed by atoms with Crippen molar-refractivity contribution in [2.75, 3.05) is 13.2 Å². The molecule has 0 heterocycles. The Morgan fingerprint density at radius 1 is 1.62 bits per heavy atom. The maximum Gasteiger partial charge on any atom is 0.311 e. The smallest absolute Gasteiger partial charge is 0.311 e. The molecule has 0 bridgehead atoms. The van der Waals surface area contributed by atoms with Crippen molar-refractivity contribution in [3.05, 3.63) is 33.3 Å². The van der Waals surface area contributed by atoms with Crippen LogP contribution in [-0.2, 0) is 0 Å². The quantitative estimate of drug-likeness (QED) is 0.638. The van der Waals surface area contributed by atoms with Gasteiger partial charge in [-0.15, -0.1) is 0 Å². The zero-order chi connectivity index (χ0) is 12.1. The van der Waals surface area contributed by atoms with Gasteiger partial charge in [-0.2, -0.15) is 0 Å². The molecule has 0 amide bonds. The number of aliphatic hydroxyl groups is 1. The lowest BCUT2D eigenvalue weighted by Gasteiger charge is -2.10. The molecule has 0 aliphatic heterocycles. The number of hydrogen-bond donors (Lipinski definition) is 1. The van der Waals surface area contributed by atoms with E-state index in [0.29, 0.717) is 5.02 Å². The highest BCUT2D eigenvalue weighted by atomic mass is 35.5. The first-order valence-electron chi connectivity index (χ1n) is 4.72. The lowest BCUT2D eigenvalue weighted by molar-refractivity contribution is -0.385. The van der Waals surface area contributed by atoms with Crippen LogP contribution in [0.2, 0.25) is 5.02 Å². The van der Waals surface area contributed by atoms with Crippen LogP contribution in [0.25, 0.3) is 0 Å². The molecule has 88 valence electrons. The number of ether oxygens (including phenoxy) is 1. The van der Waals surface area contributed by atoms with Crippen molar-refractivity contribution in [1.82, 2.24) is 0 Å². The van der Waals surface area contributed by atoms with Gasteiger partial charge in [-0.1, -0.05) is 18.5 Å². The number of benzene rings is 1. The maximum absolute atomic E-state index is 10.7. The van der Waals surface area contributed by atoms with Gasteiger partial charge in [0.25, 0.3) is 0 Å². The van der Waals surface area contributed by atoms with Gasteiger partial charge >= 0.3 is 5.69 Å². The maximum atomic E-state index is 10.7. The van der Waals surface area contributed by atoms with E-state index in [1.165, 1.54) is 18.2 Å². The number of nitro groups is 1. The first kappa shape index (κ1) is 12.7. The first-order chi connectivity index (χ1) is 7.54. The summed E-state index contributed by atoms with van der Waals surface area (Å²) in [4.78, 5) is 10.1. The average Bonchev–Trinajstić information content (AvgIpc) is 2.25. The van der Waals surface area contributed by atoms with Crippen LogP contribution < -0.4 is 4.74 Å². The Labute approximate surface area is 97.8 Å². The number of rotatable bonds is 5. The summed E-state index contributed by atoms with van der Waals surface area (Å²) in [5.41, 5.74) is -0.130. The zero-order valence-corrected chi connectivity index (χ0v) is 9.48. The van der Waals surface area contributed by atoms with E-state index in [0.717, 1.165) is 0 Å². The minimum Gasteiger partial charge on any atom is -0.486 e. The highest BCUT2D eigenvalue weighted by molar-refractivity contribution is 6.30. The van der Waals surface area contributed by atoms with Crippen LogP contribution in [0.4, 0.5) is 5.69 Å². The van der Waals surface area contributed by atoms with Gasteiger partial charge in [0.2, 0.25) is 0 Å². The Kier molecular flexibility index (Phi) is 4.52. The lowest BCUT2D eigenvalue weighted by Crippen LogP contribution is -2.12. The molecular weight excluding hydrogens is 234 g/mol. The minimum atomic E-state index is -0.532. The molecule has 1 aromatic carbocycles. The molecule has 0 aliphatic carbocycles. The molecule has 1 unspecified atom stereocenters. The predicted molar refractivity (Wildman–Crippen MR) is 59.9 cm³/mol. The number of hydrogen-bond acceptors (Lipinski definition) is 4. The van der Waals surface area contributed by atoms with Gasteiger partial charge in [0.15, 0.2) is 5.75 Å². The van der Waals surface area contributed by atoms with Crippen molar-refractivity contribution in [2.45, 2.75) is 6.92 Å². The minimum absolute atomic E-state index is 0.0334. The second-order valence-electron chi connectivity index (χ2n) is 3.47. The summed E-state index contributed by atoms with van der Waals surface area (Å²) >= 11 is 5.72. The zero-order valence-electron chi connectivity index (χ0n) is 8.72. The van der Waals surface area contributed by atoms with E-state index in [1.54, 1.807) is 6.92 Å². The van der Waals surface area contributed by atoms with E-state index >= 15 is 0 Å². The Morgan fingerprint density at radius 3 is 2.88 bits per heavy atom. The third kappa shape index (κ3) is 3.36. The van der Waals surface area contributed by atoms with Crippen LogP contribution in [0, 0.1) is 16.0 Å². The van der Waals surface area contributed by atoms with Crippen molar-refractivity contribution in [1.29, 1.82) is 0 Å². The van der Waals surface area contributed by atoms with Crippen molar-refractivity contribution in [3.8, 4) is 5.75 Å². The lowest BCUT2D eigenvalue weighted by atomic mass is 10.2. The van der Waals surface area contributed by atoms with E-state index in [9.17, 15) is 10.1 Å². The summed E-state index contributed by atoms with van der Waals surface area (Å²) in [7, 11) is 0. The molecule has 0 aliphatic rings. The van der Waals surface area contributed by atoms with Crippen molar-refractivity contribution in [3.63, 3.8) is 0 Å². The fourth-order valence-corrected chi connectivity index (χ4v) is 1.20. The monoisotopic (exact) mass is 245 g/mol. The summed E-state index contributed by atoms with van der Waals surface area (Å²) in [6, 6.07) is 4.12. The molecule has 0 radical (unpaired) electrons. The molecule has 1 N–H and O–H groups in total. The van der Waals surface area contributed by atoms with Gasteiger partial charge in [-0.25, -0.2) is 0 Å². The number of aliphatic hydroxyl groups excluding tert-OH is 1. The molecule has 0 saturated carbocycles. The fourth-order valence-electron chi connectivity index (χ4n) is 1.04. The SMILES string of the molecule is CC(CO)COc1cc(Cl)ccc1[N+](=O)[O-]. The van der Waals surface area contributed by atoms with Gasteiger partial charge < -0.3 is 9.84 Å². The molecule has 0 aromatic heterocycles. The van der Waals surface area contributed by atoms with Gasteiger partial charge in [-0.05, 0) is 6.07 Å². The van der Waals surface area contributed by atoms with E-state index in [4.69, 9.17) is 21.4 Å². The molecule has 16 heavy (non-hydrogen) atoms. The molecule has 1 rings (SSSR count). The molecule has 0 spiro atoms. The van der Waals surface area contributed by atoms with E-state index in [2.05, 4.69) is 0 Å². The van der Waals surface area contributed by atoms with Crippen LogP contribution in [0.3, 0.4) is 0 Å². The molecular formula is C10H12ClNO4. The Balaban J connectivity index is 2.84. The van der Waals surface area contributed by atoms with Crippen molar-refractivity contribution in [2.24, 2.45) is 5.92 Å². The van der Waals surface area contributed by atoms with E-state index in [-0.39, 0.29) is 30.6 Å². The van der Waals surface area contributed by atoms with E-state index < -0.39 is 4.92 Å². The molecule has 1 aromatic rings. The van der Waals surface area contributed by atoms with Crippen molar-refractivity contribution >= 4 is 17.3 Å². The van der Waals surface area contributed by atoms with Gasteiger partial charge in [0.1, 0.15) is 0 Å². The van der Waals surface area contributed by atoms with Gasteiger partial charge in [-0.3, -0.25) is 10.1 Å². The second kappa shape index (κ2) is 5.67. The molecule has 6 heteroatoms. The molecule has 5 nitrogen and oxygen atoms in total. The largest absolute Gasteiger partial charge is 0.486 e. The first-order valence-corrected chi connectivity index (χ1v) is 5.10. The summed E-state index contributed by atoms with van der Waals surface area (Å²) in [5, 5.41) is 19.9. The highest BCUT2D eigenvalue weighted by Crippen LogP contribution is 2.30. The van der Waals surface area contributed by atoms with Crippen LogP contribution in [0.1, 0.15) is 6.92 Å². The normalized spacial score (nSPS) is 12.2. The number of nitrogens with zero attached hydrogens (tertiary/aromatic N) is 1. The average molecular weight is 246 g/mol. The summed E-state index contributed by atoms with van der Waals surface area (Å²) < 4.78 is 5.25. The van der Waals surface area contributed by atoms with Gasteiger partial charge in [0.05, 0.1) is 11.5 Å². The highest BCUT2D eigenvalue weighted by Gasteiger charge is 2.16. The van der Waals surface area contributed by atoms with Crippen molar-refractivity contribution < 1.29 is 14.8 Å². The third-order valence-corrected chi connectivity index (χ3v) is 2.19. The molecule has 1 atom stereocenters. The fraction of sp³-hybridized carbons (Fsp3) is 0.400. The number of halogens is 1. The number of nitro benzene ring substituents is 1. The van der Waals surface area contributed by atoms with E-state index in [1.807, 2.05) is 0 Å². The van der Waals surface area contributed by atoms with Crippen LogP contribution in [0.15, 0.2) is 18.2 Å². The Bertz CT molecular complexity index is 383. The summed E-state index contributed by atoms with van der Waals surface area (Å²) in [6.45, 7) is 1.95. The Hall–Kier alpha value is -1.33.